The van der Waals surface area contributed by atoms with Crippen LogP contribution in [-0.2, 0) is 19.5 Å². The topological polar surface area (TPSA) is 97.4 Å². The standard InChI is InChI=1S/C24H31N3O6S/c1-31-21-6-2-19(3-7-21)23(26-10-14-32-15-11-26)18-25-24(28)20-4-8-22(9-5-20)34(29,30)27-12-16-33-17-13-27/h2-9,23H,10-18H2,1H3,(H,25,28)/t23-/m0/s1. The highest BCUT2D eigenvalue weighted by Gasteiger charge is 2.27. The number of nitrogens with zero attached hydrogens (tertiary/aromatic N) is 2. The van der Waals surface area contributed by atoms with Gasteiger partial charge in [-0.15, -0.1) is 0 Å². The number of ether oxygens (including phenoxy) is 3. The van der Waals surface area contributed by atoms with Crippen LogP contribution < -0.4 is 10.1 Å². The highest BCUT2D eigenvalue weighted by molar-refractivity contribution is 7.89. The smallest absolute Gasteiger partial charge is 0.251 e. The van der Waals surface area contributed by atoms with Gasteiger partial charge in [-0.05, 0) is 42.0 Å². The first kappa shape index (κ1) is 24.6. The predicted octanol–water partition coefficient (Wildman–Crippen LogP) is 1.52. The summed E-state index contributed by atoms with van der Waals surface area (Å²) in [7, 11) is -1.96. The second-order valence-corrected chi connectivity index (χ2v) is 10.1. The first-order valence-electron chi connectivity index (χ1n) is 11.4. The number of amides is 1. The molecule has 2 saturated heterocycles. The number of carbonyl (C=O) groups is 1. The van der Waals surface area contributed by atoms with Crippen molar-refractivity contribution in [2.24, 2.45) is 0 Å². The highest BCUT2D eigenvalue weighted by Crippen LogP contribution is 2.24. The fourth-order valence-corrected chi connectivity index (χ4v) is 5.59. The molecule has 1 atom stereocenters. The van der Waals surface area contributed by atoms with Crippen molar-refractivity contribution in [3.63, 3.8) is 0 Å². The monoisotopic (exact) mass is 489 g/mol. The molecule has 0 radical (unpaired) electrons. The zero-order chi connectivity index (χ0) is 24.0. The molecular weight excluding hydrogens is 458 g/mol. The molecule has 1 N–H and O–H groups in total. The van der Waals surface area contributed by atoms with Crippen molar-refractivity contribution in [1.29, 1.82) is 0 Å². The molecule has 2 aromatic carbocycles. The number of morpholine rings is 2. The van der Waals surface area contributed by atoms with Crippen LogP contribution in [0.25, 0.3) is 0 Å². The molecule has 2 fully saturated rings. The van der Waals surface area contributed by atoms with E-state index in [1.807, 2.05) is 24.3 Å². The Bertz CT molecular complexity index is 1050. The summed E-state index contributed by atoms with van der Waals surface area (Å²) in [6.07, 6.45) is 0. The van der Waals surface area contributed by atoms with Crippen molar-refractivity contribution in [2.45, 2.75) is 10.9 Å². The Morgan fingerprint density at radius 2 is 1.53 bits per heavy atom. The van der Waals surface area contributed by atoms with Crippen molar-refractivity contribution < 1.29 is 27.4 Å². The average molecular weight is 490 g/mol. The van der Waals surface area contributed by atoms with Gasteiger partial charge in [0.1, 0.15) is 5.75 Å². The zero-order valence-corrected chi connectivity index (χ0v) is 20.1. The number of nitrogens with one attached hydrogen (secondary N) is 1. The molecule has 2 aliphatic heterocycles. The third-order valence-electron chi connectivity index (χ3n) is 6.17. The summed E-state index contributed by atoms with van der Waals surface area (Å²) < 4.78 is 43.0. The van der Waals surface area contributed by atoms with Crippen LogP contribution in [0.5, 0.6) is 5.75 Å². The van der Waals surface area contributed by atoms with Gasteiger partial charge in [0.2, 0.25) is 10.0 Å². The maximum atomic E-state index is 12.9. The Hall–Kier alpha value is -2.50. The van der Waals surface area contributed by atoms with Crippen LogP contribution >= 0.6 is 0 Å². The SMILES string of the molecule is COc1ccc([C@H](CNC(=O)c2ccc(S(=O)(=O)N3CCOCC3)cc2)N2CCOCC2)cc1. The predicted molar refractivity (Wildman–Crippen MR) is 126 cm³/mol. The van der Waals surface area contributed by atoms with E-state index in [1.165, 1.54) is 16.4 Å². The number of benzene rings is 2. The van der Waals surface area contributed by atoms with Crippen LogP contribution in [0, 0.1) is 0 Å². The number of carbonyl (C=O) groups excluding carboxylic acids is 1. The second kappa shape index (κ2) is 11.3. The third kappa shape index (κ3) is 5.76. The van der Waals surface area contributed by atoms with E-state index in [9.17, 15) is 13.2 Å². The van der Waals surface area contributed by atoms with Crippen LogP contribution in [0.15, 0.2) is 53.4 Å². The Morgan fingerprint density at radius 1 is 0.941 bits per heavy atom. The van der Waals surface area contributed by atoms with Gasteiger partial charge in [-0.3, -0.25) is 9.69 Å². The van der Waals surface area contributed by atoms with Gasteiger partial charge in [0, 0.05) is 38.3 Å². The van der Waals surface area contributed by atoms with Crippen LogP contribution in [0.2, 0.25) is 0 Å². The molecule has 0 aliphatic carbocycles. The van der Waals surface area contributed by atoms with E-state index in [1.54, 1.807) is 19.2 Å². The van der Waals surface area contributed by atoms with E-state index in [0.717, 1.165) is 24.4 Å². The molecule has 4 rings (SSSR count). The molecule has 10 heteroatoms. The Balaban J connectivity index is 1.43. The van der Waals surface area contributed by atoms with Crippen LogP contribution in [0.1, 0.15) is 22.0 Å². The molecule has 9 nitrogen and oxygen atoms in total. The van der Waals surface area contributed by atoms with Gasteiger partial charge in [0.05, 0.1) is 44.5 Å². The molecule has 0 spiro atoms. The van der Waals surface area contributed by atoms with E-state index in [0.29, 0.717) is 51.6 Å². The van der Waals surface area contributed by atoms with E-state index >= 15 is 0 Å². The molecule has 2 aromatic rings. The van der Waals surface area contributed by atoms with E-state index in [4.69, 9.17) is 14.2 Å². The maximum Gasteiger partial charge on any atom is 0.251 e. The molecular formula is C24H31N3O6S. The molecule has 0 unspecified atom stereocenters. The van der Waals surface area contributed by atoms with Gasteiger partial charge in [0.15, 0.2) is 0 Å². The molecule has 34 heavy (non-hydrogen) atoms. The minimum Gasteiger partial charge on any atom is -0.497 e. The van der Waals surface area contributed by atoms with Gasteiger partial charge in [-0.25, -0.2) is 8.42 Å². The summed E-state index contributed by atoms with van der Waals surface area (Å²) in [5.74, 6) is 0.530. The second-order valence-electron chi connectivity index (χ2n) is 8.19. The largest absolute Gasteiger partial charge is 0.497 e. The summed E-state index contributed by atoms with van der Waals surface area (Å²) in [6.45, 7) is 4.72. The number of methoxy groups -OCH3 is 1. The lowest BCUT2D eigenvalue weighted by Crippen LogP contribution is -2.43. The maximum absolute atomic E-state index is 12.9. The van der Waals surface area contributed by atoms with Gasteiger partial charge in [-0.2, -0.15) is 4.31 Å². The molecule has 0 saturated carbocycles. The Kier molecular flexibility index (Phi) is 8.17. The van der Waals surface area contributed by atoms with Gasteiger partial charge >= 0.3 is 0 Å². The average Bonchev–Trinajstić information content (AvgIpc) is 2.90. The molecule has 1 amide bonds. The first-order valence-corrected chi connectivity index (χ1v) is 12.8. The van der Waals surface area contributed by atoms with E-state index < -0.39 is 10.0 Å². The first-order chi connectivity index (χ1) is 16.5. The van der Waals surface area contributed by atoms with Crippen LogP contribution in [-0.4, -0.2) is 89.8 Å². The highest BCUT2D eigenvalue weighted by atomic mass is 32.2. The molecule has 2 aliphatic rings. The van der Waals surface area contributed by atoms with Crippen molar-refractivity contribution in [3.8, 4) is 5.75 Å². The van der Waals surface area contributed by atoms with Crippen molar-refractivity contribution >= 4 is 15.9 Å². The summed E-state index contributed by atoms with van der Waals surface area (Å²) in [4.78, 5) is 15.3. The lowest BCUT2D eigenvalue weighted by atomic mass is 10.0. The van der Waals surface area contributed by atoms with Gasteiger partial charge in [-0.1, -0.05) is 12.1 Å². The molecule has 2 heterocycles. The molecule has 0 bridgehead atoms. The summed E-state index contributed by atoms with van der Waals surface area (Å²) in [5.41, 5.74) is 1.49. The minimum absolute atomic E-state index is 0.0141. The zero-order valence-electron chi connectivity index (χ0n) is 19.3. The summed E-state index contributed by atoms with van der Waals surface area (Å²) in [6, 6.07) is 13.9. The normalized spacial score (nSPS) is 18.9. The minimum atomic E-state index is -3.59. The van der Waals surface area contributed by atoms with E-state index in [2.05, 4.69) is 10.2 Å². The van der Waals surface area contributed by atoms with Gasteiger partial charge in [0.25, 0.3) is 5.91 Å². The Morgan fingerprint density at radius 3 is 2.12 bits per heavy atom. The number of rotatable bonds is 8. The Labute approximate surface area is 200 Å². The number of hydrogen-bond donors (Lipinski definition) is 1. The third-order valence-corrected chi connectivity index (χ3v) is 8.08. The summed E-state index contributed by atoms with van der Waals surface area (Å²) >= 11 is 0. The number of sulfonamides is 1. The van der Waals surface area contributed by atoms with E-state index in [-0.39, 0.29) is 16.8 Å². The van der Waals surface area contributed by atoms with Gasteiger partial charge < -0.3 is 19.5 Å². The van der Waals surface area contributed by atoms with Crippen LogP contribution in [0.3, 0.4) is 0 Å². The lowest BCUT2D eigenvalue weighted by Gasteiger charge is -2.35. The quantitative estimate of drug-likeness (QED) is 0.601. The fourth-order valence-electron chi connectivity index (χ4n) is 4.18. The van der Waals surface area contributed by atoms with Crippen molar-refractivity contribution in [1.82, 2.24) is 14.5 Å². The molecule has 0 aromatic heterocycles. The fraction of sp³-hybridized carbons (Fsp3) is 0.458. The lowest BCUT2D eigenvalue weighted by molar-refractivity contribution is 0.0162. The van der Waals surface area contributed by atoms with Crippen LogP contribution in [0.4, 0.5) is 0 Å². The number of hydrogen-bond acceptors (Lipinski definition) is 7. The summed E-state index contributed by atoms with van der Waals surface area (Å²) in [5, 5.41) is 3.02. The van der Waals surface area contributed by atoms with Crippen molar-refractivity contribution in [3.05, 3.63) is 59.7 Å². The van der Waals surface area contributed by atoms with Crippen molar-refractivity contribution in [2.75, 3.05) is 66.3 Å². The molecule has 184 valence electrons.